The van der Waals surface area contributed by atoms with Crippen molar-refractivity contribution in [3.8, 4) is 11.5 Å². The Morgan fingerprint density at radius 3 is 2.63 bits per heavy atom. The van der Waals surface area contributed by atoms with Crippen LogP contribution < -0.4 is 5.32 Å². The number of aliphatic hydroxyl groups excluding tert-OH is 5. The summed E-state index contributed by atoms with van der Waals surface area (Å²) in [6, 6.07) is 0. The number of phosphoric ester groups is 1. The summed E-state index contributed by atoms with van der Waals surface area (Å²) < 4.78 is 46.7. The zero-order valence-electron chi connectivity index (χ0n) is 19.1. The molecule has 0 aromatic carbocycles. The molecule has 8 N–H and O–H groups in total. The molecule has 0 aliphatic carbocycles. The molecule has 4 rings (SSSR count). The lowest BCUT2D eigenvalue weighted by Crippen LogP contribution is -2.41. The fourth-order valence-electron chi connectivity index (χ4n) is 3.82. The fraction of sp³-hybridized carbons (Fsp3) is 0.588. The monoisotopic (exact) mass is 585 g/mol. The smallest absolute Gasteiger partial charge is 0.394 e. The van der Waals surface area contributed by atoms with E-state index in [1.54, 1.807) is 17.0 Å². The predicted molar refractivity (Wildman–Crippen MR) is 120 cm³/mol. The number of phosphoric acid groups is 2. The van der Waals surface area contributed by atoms with Crippen LogP contribution in [0.4, 0.5) is 5.82 Å². The third-order valence-corrected chi connectivity index (χ3v) is 8.27. The summed E-state index contributed by atoms with van der Waals surface area (Å²) in [5, 5.41) is 52.5. The SMILES string of the molecule is O=C[C@H](OP(=O)(OC[C@H]1O[C@@H](n2cnc3c2NCn2ccnc2-3)[C@H](O)[C@@H]1O)OP(=O)(O)O)[C@H](O)[C@H](O)CO. The zero-order valence-corrected chi connectivity index (χ0v) is 20.9. The Labute approximate surface area is 213 Å². The van der Waals surface area contributed by atoms with Crippen LogP contribution in [0.15, 0.2) is 18.7 Å². The van der Waals surface area contributed by atoms with Gasteiger partial charge in [0.05, 0.1) is 26.2 Å². The van der Waals surface area contributed by atoms with Crippen LogP contribution in [-0.4, -0.2) is 111 Å². The second-order valence-electron chi connectivity index (χ2n) is 8.21. The first kappa shape index (κ1) is 28.9. The Hall–Kier alpha value is -2.09. The number of aldehydes is 1. The molecular weight excluding hydrogens is 560 g/mol. The van der Waals surface area contributed by atoms with E-state index < -0.39 is 71.7 Å². The number of nitrogens with zero attached hydrogens (tertiary/aromatic N) is 4. The number of hydrogen-bond donors (Lipinski definition) is 8. The van der Waals surface area contributed by atoms with Gasteiger partial charge in [0.15, 0.2) is 24.4 Å². The van der Waals surface area contributed by atoms with Crippen LogP contribution in [0.1, 0.15) is 6.23 Å². The first-order valence-corrected chi connectivity index (χ1v) is 13.8. The Balaban J connectivity index is 1.50. The van der Waals surface area contributed by atoms with Crippen molar-refractivity contribution >= 4 is 27.7 Å². The van der Waals surface area contributed by atoms with Crippen molar-refractivity contribution in [1.82, 2.24) is 19.1 Å². The van der Waals surface area contributed by atoms with Crippen molar-refractivity contribution in [2.24, 2.45) is 0 Å². The Morgan fingerprint density at radius 2 is 1.97 bits per heavy atom. The first-order chi connectivity index (χ1) is 17.9. The third-order valence-electron chi connectivity index (χ3n) is 5.66. The summed E-state index contributed by atoms with van der Waals surface area (Å²) in [5.74, 6) is 0.946. The van der Waals surface area contributed by atoms with Crippen molar-refractivity contribution in [1.29, 1.82) is 0 Å². The highest BCUT2D eigenvalue weighted by Gasteiger charge is 2.48. The number of ether oxygens (including phenoxy) is 1. The molecule has 2 aliphatic heterocycles. The average molecular weight is 585 g/mol. The molecule has 212 valence electrons. The van der Waals surface area contributed by atoms with Crippen molar-refractivity contribution in [2.45, 2.75) is 49.5 Å². The maximum atomic E-state index is 12.9. The van der Waals surface area contributed by atoms with Crippen molar-refractivity contribution < 1.29 is 67.3 Å². The molecule has 2 aromatic rings. The summed E-state index contributed by atoms with van der Waals surface area (Å²) in [6.45, 7) is -1.68. The summed E-state index contributed by atoms with van der Waals surface area (Å²) in [6.07, 6.45) is -7.93. The minimum absolute atomic E-state index is 0.177. The highest BCUT2D eigenvalue weighted by Crippen LogP contribution is 2.62. The van der Waals surface area contributed by atoms with Gasteiger partial charge in [0.25, 0.3) is 0 Å². The number of hydrogen-bond acceptors (Lipinski definition) is 15. The molecule has 8 atom stereocenters. The second kappa shape index (κ2) is 11.2. The summed E-state index contributed by atoms with van der Waals surface area (Å²) in [5.41, 5.74) is 0.433. The van der Waals surface area contributed by atoms with Gasteiger partial charge in [-0.05, 0) is 0 Å². The average Bonchev–Trinajstić information content (AvgIpc) is 3.57. The molecule has 21 heteroatoms. The van der Waals surface area contributed by atoms with Crippen molar-refractivity contribution in [2.75, 3.05) is 18.5 Å². The van der Waals surface area contributed by atoms with Crippen LogP contribution >= 0.6 is 15.6 Å². The van der Waals surface area contributed by atoms with Crippen molar-refractivity contribution in [3.63, 3.8) is 0 Å². The molecule has 0 amide bonds. The largest absolute Gasteiger partial charge is 0.484 e. The van der Waals surface area contributed by atoms with Gasteiger partial charge in [-0.2, -0.15) is 4.31 Å². The molecular formula is C17H25N5O14P2. The minimum Gasteiger partial charge on any atom is -0.394 e. The van der Waals surface area contributed by atoms with Gasteiger partial charge < -0.3 is 54.7 Å². The third kappa shape index (κ3) is 5.90. The van der Waals surface area contributed by atoms with Crippen LogP contribution in [0.3, 0.4) is 0 Å². The second-order valence-corrected chi connectivity index (χ2v) is 11.2. The quantitative estimate of drug-likeness (QED) is 0.0927. The van der Waals surface area contributed by atoms with Gasteiger partial charge in [-0.15, -0.1) is 0 Å². The van der Waals surface area contributed by atoms with Gasteiger partial charge in [0, 0.05) is 12.4 Å². The molecule has 2 aromatic heterocycles. The summed E-state index contributed by atoms with van der Waals surface area (Å²) >= 11 is 0. The number of carbonyl (C=O) groups is 1. The Kier molecular flexibility index (Phi) is 8.51. The van der Waals surface area contributed by atoms with Crippen LogP contribution in [0.2, 0.25) is 0 Å². The predicted octanol–water partition coefficient (Wildman–Crippen LogP) is -2.72. The summed E-state index contributed by atoms with van der Waals surface area (Å²) in [7, 11) is -11.0. The number of carbonyl (C=O) groups excluding carboxylic acids is 1. The highest BCUT2D eigenvalue weighted by molar-refractivity contribution is 7.61. The van der Waals surface area contributed by atoms with Crippen LogP contribution in [0.5, 0.6) is 0 Å². The molecule has 19 nitrogen and oxygen atoms in total. The number of anilines is 1. The molecule has 4 heterocycles. The molecule has 1 unspecified atom stereocenters. The fourth-order valence-corrected chi connectivity index (χ4v) is 6.06. The lowest BCUT2D eigenvalue weighted by Gasteiger charge is -2.26. The Bertz CT molecular complexity index is 1230. The molecule has 38 heavy (non-hydrogen) atoms. The molecule has 0 bridgehead atoms. The molecule has 1 fully saturated rings. The number of fused-ring (bicyclic) bond motifs is 3. The summed E-state index contributed by atoms with van der Waals surface area (Å²) in [4.78, 5) is 38.0. The lowest BCUT2D eigenvalue weighted by atomic mass is 10.1. The van der Waals surface area contributed by atoms with Gasteiger partial charge in [0.2, 0.25) is 0 Å². The number of imidazole rings is 2. The van der Waals surface area contributed by atoms with Gasteiger partial charge in [-0.25, -0.2) is 19.1 Å². The molecule has 0 spiro atoms. The molecule has 0 saturated carbocycles. The normalized spacial score (nSPS) is 27.0. The zero-order chi connectivity index (χ0) is 27.8. The maximum Gasteiger partial charge on any atom is 0.484 e. The van der Waals surface area contributed by atoms with Crippen molar-refractivity contribution in [3.05, 3.63) is 18.7 Å². The van der Waals surface area contributed by atoms with E-state index >= 15 is 0 Å². The number of aromatic nitrogens is 4. The van der Waals surface area contributed by atoms with Gasteiger partial charge >= 0.3 is 15.6 Å². The number of aliphatic hydroxyl groups is 5. The number of rotatable bonds is 12. The molecule has 1 saturated heterocycles. The van der Waals surface area contributed by atoms with E-state index in [0.717, 1.165) is 0 Å². The van der Waals surface area contributed by atoms with E-state index in [4.69, 9.17) is 24.2 Å². The standard InChI is InChI=1S/C17H25N5O14P2/c23-3-8(25)12(26)9(4-24)35-38(32,36-37(29,30)31)33-5-10-13(27)14(28)17(34-10)22-7-19-11-15-18-1-2-21(15)6-20-16(11)22/h1-2,4,7-10,12-14,17,20,23,25-28H,3,5-6H2,(H2,29,30,31)/t8-,9+,10-,12-,13-,14-,17-,38?/m1/s1. The Morgan fingerprint density at radius 1 is 1.24 bits per heavy atom. The number of nitrogens with one attached hydrogen (secondary N) is 1. The minimum atomic E-state index is -5.59. The van der Waals surface area contributed by atoms with Crippen LogP contribution in [0, 0.1) is 0 Å². The molecule has 0 radical (unpaired) electrons. The van der Waals surface area contributed by atoms with Gasteiger partial charge in [0.1, 0.15) is 42.0 Å². The van der Waals surface area contributed by atoms with E-state index in [0.29, 0.717) is 24.0 Å². The highest BCUT2D eigenvalue weighted by atomic mass is 31.3. The maximum absolute atomic E-state index is 12.9. The van der Waals surface area contributed by atoms with Crippen LogP contribution in [-0.2, 0) is 38.7 Å². The van der Waals surface area contributed by atoms with Gasteiger partial charge in [-0.3, -0.25) is 13.6 Å². The first-order valence-electron chi connectivity index (χ1n) is 10.8. The van der Waals surface area contributed by atoms with E-state index in [1.165, 1.54) is 10.9 Å². The van der Waals surface area contributed by atoms with Crippen LogP contribution in [0.25, 0.3) is 11.5 Å². The lowest BCUT2D eigenvalue weighted by molar-refractivity contribution is -0.127. The van der Waals surface area contributed by atoms with E-state index in [1.807, 2.05) is 0 Å². The van der Waals surface area contributed by atoms with E-state index in [9.17, 15) is 34.4 Å². The van der Waals surface area contributed by atoms with E-state index in [2.05, 4.69) is 24.1 Å². The van der Waals surface area contributed by atoms with Gasteiger partial charge in [-0.1, -0.05) is 0 Å². The topological polar surface area (TPSA) is 277 Å². The van der Waals surface area contributed by atoms with E-state index in [-0.39, 0.29) is 6.29 Å². The molecule has 2 aliphatic rings.